The number of nitrogens with zero attached hydrogens (tertiary/aromatic N) is 1. The van der Waals surface area contributed by atoms with Crippen molar-refractivity contribution < 1.29 is 9.18 Å². The van der Waals surface area contributed by atoms with Crippen LogP contribution in [0.5, 0.6) is 0 Å². The molecule has 0 radical (unpaired) electrons. The van der Waals surface area contributed by atoms with Crippen molar-refractivity contribution in [3.63, 3.8) is 0 Å². The van der Waals surface area contributed by atoms with Gasteiger partial charge >= 0.3 is 0 Å². The minimum Gasteiger partial charge on any atom is -0.312 e. The van der Waals surface area contributed by atoms with Crippen LogP contribution in [0.3, 0.4) is 0 Å². The zero-order valence-electron chi connectivity index (χ0n) is 14.5. The quantitative estimate of drug-likeness (QED) is 0.907. The number of carbonyl (C=O) groups excluding carboxylic acids is 1. The lowest BCUT2D eigenvalue weighted by Gasteiger charge is -2.37. The maximum Gasteiger partial charge on any atom is 0.231 e. The van der Waals surface area contributed by atoms with Gasteiger partial charge in [0.25, 0.3) is 0 Å². The Bertz CT molecular complexity index is 611. The zero-order chi connectivity index (χ0) is 16.8. The highest BCUT2D eigenvalue weighted by atomic mass is 19.1. The number of nitrogens with one attached hydrogen (secondary N) is 1. The maximum atomic E-state index is 13.6. The zero-order valence-corrected chi connectivity index (χ0v) is 14.5. The molecule has 0 saturated carbocycles. The van der Waals surface area contributed by atoms with Gasteiger partial charge in [-0.25, -0.2) is 4.39 Å². The van der Waals surface area contributed by atoms with Crippen LogP contribution in [0, 0.1) is 23.6 Å². The molecular weight excluding hydrogens is 291 g/mol. The first-order valence-corrected chi connectivity index (χ1v) is 8.61. The molecule has 126 valence electrons. The van der Waals surface area contributed by atoms with Crippen molar-refractivity contribution in [3.05, 3.63) is 29.6 Å². The Morgan fingerprint density at radius 2 is 2.13 bits per heavy atom. The van der Waals surface area contributed by atoms with Crippen LogP contribution in [0.1, 0.15) is 39.7 Å². The highest BCUT2D eigenvalue weighted by Gasteiger charge is 2.39. The molecule has 0 bridgehead atoms. The molecule has 0 spiro atoms. The summed E-state index contributed by atoms with van der Waals surface area (Å²) in [5, 5.41) is 3.43. The number of hydrogen-bond donors (Lipinski definition) is 1. The van der Waals surface area contributed by atoms with Gasteiger partial charge in [-0.05, 0) is 62.3 Å². The molecule has 0 aliphatic carbocycles. The first kappa shape index (κ1) is 16.4. The van der Waals surface area contributed by atoms with E-state index in [9.17, 15) is 9.18 Å². The van der Waals surface area contributed by atoms with Crippen LogP contribution in [0.2, 0.25) is 0 Å². The fourth-order valence-electron chi connectivity index (χ4n) is 3.87. The molecule has 2 aliphatic heterocycles. The Morgan fingerprint density at radius 3 is 2.74 bits per heavy atom. The molecular formula is C19H27FN2O. The van der Waals surface area contributed by atoms with E-state index in [1.807, 2.05) is 4.90 Å². The average molecular weight is 318 g/mol. The lowest BCUT2D eigenvalue weighted by molar-refractivity contribution is -0.122. The van der Waals surface area contributed by atoms with Crippen molar-refractivity contribution in [2.24, 2.45) is 17.8 Å². The summed E-state index contributed by atoms with van der Waals surface area (Å²) in [6, 6.07) is 4.83. The monoisotopic (exact) mass is 318 g/mol. The van der Waals surface area contributed by atoms with Crippen molar-refractivity contribution >= 4 is 11.6 Å². The van der Waals surface area contributed by atoms with Crippen LogP contribution >= 0.6 is 0 Å². The van der Waals surface area contributed by atoms with Crippen LogP contribution in [0.25, 0.3) is 0 Å². The molecule has 4 heteroatoms. The number of carbonyl (C=O) groups is 1. The average Bonchev–Trinajstić information content (AvgIpc) is 2.85. The lowest BCUT2D eigenvalue weighted by Crippen LogP contribution is -2.45. The Balaban J connectivity index is 1.90. The summed E-state index contributed by atoms with van der Waals surface area (Å²) in [6.07, 6.45) is 1.70. The number of rotatable bonds is 2. The van der Waals surface area contributed by atoms with E-state index in [0.717, 1.165) is 37.2 Å². The van der Waals surface area contributed by atoms with E-state index >= 15 is 0 Å². The molecule has 1 N–H and O–H groups in total. The molecule has 1 aromatic rings. The number of halogens is 1. The van der Waals surface area contributed by atoms with Gasteiger partial charge in [-0.15, -0.1) is 0 Å². The van der Waals surface area contributed by atoms with E-state index in [1.165, 1.54) is 6.07 Å². The largest absolute Gasteiger partial charge is 0.312 e. The SMILES string of the molecule is CC(C)C1Cc2cc(F)ccc2N(C(=O)C2CNC(C)(C)C2)C1. The van der Waals surface area contributed by atoms with Gasteiger partial charge in [-0.1, -0.05) is 13.8 Å². The second-order valence-corrected chi connectivity index (χ2v) is 8.10. The number of benzene rings is 1. The molecule has 1 aromatic carbocycles. The second kappa shape index (κ2) is 5.90. The molecule has 3 rings (SSSR count). The van der Waals surface area contributed by atoms with E-state index in [2.05, 4.69) is 33.0 Å². The molecule has 23 heavy (non-hydrogen) atoms. The first-order chi connectivity index (χ1) is 10.8. The number of fused-ring (bicyclic) bond motifs is 1. The summed E-state index contributed by atoms with van der Waals surface area (Å²) in [5.41, 5.74) is 1.88. The lowest BCUT2D eigenvalue weighted by atomic mass is 9.84. The predicted octanol–water partition coefficient (Wildman–Crippen LogP) is 3.38. The van der Waals surface area contributed by atoms with Crippen molar-refractivity contribution in [3.8, 4) is 0 Å². The highest BCUT2D eigenvalue weighted by Crippen LogP contribution is 2.35. The van der Waals surface area contributed by atoms with Crippen molar-refractivity contribution in [1.29, 1.82) is 0 Å². The van der Waals surface area contributed by atoms with E-state index in [1.54, 1.807) is 12.1 Å². The van der Waals surface area contributed by atoms with Crippen molar-refractivity contribution in [2.75, 3.05) is 18.0 Å². The van der Waals surface area contributed by atoms with E-state index in [-0.39, 0.29) is 23.2 Å². The Morgan fingerprint density at radius 1 is 1.39 bits per heavy atom. The van der Waals surface area contributed by atoms with E-state index in [4.69, 9.17) is 0 Å². The third kappa shape index (κ3) is 3.27. The topological polar surface area (TPSA) is 32.3 Å². The Labute approximate surface area is 138 Å². The van der Waals surface area contributed by atoms with Crippen LogP contribution in [0.15, 0.2) is 18.2 Å². The number of hydrogen-bond acceptors (Lipinski definition) is 2. The Kier molecular flexibility index (Phi) is 4.21. The summed E-state index contributed by atoms with van der Waals surface area (Å²) in [6.45, 7) is 10.1. The second-order valence-electron chi connectivity index (χ2n) is 8.10. The minimum atomic E-state index is -0.218. The molecule has 1 saturated heterocycles. The van der Waals surface area contributed by atoms with Crippen LogP contribution in [-0.2, 0) is 11.2 Å². The standard InChI is InChI=1S/C19H27FN2O/c1-12(2)14-7-13-8-16(20)5-6-17(13)22(11-14)18(23)15-9-19(3,4)21-10-15/h5-6,8,12,14-15,21H,7,9-11H2,1-4H3. The maximum absolute atomic E-state index is 13.6. The van der Waals surface area contributed by atoms with E-state index in [0.29, 0.717) is 11.8 Å². The highest BCUT2D eigenvalue weighted by molar-refractivity contribution is 5.96. The van der Waals surface area contributed by atoms with Crippen LogP contribution in [0.4, 0.5) is 10.1 Å². The fourth-order valence-corrected chi connectivity index (χ4v) is 3.87. The van der Waals surface area contributed by atoms with Gasteiger partial charge in [0.05, 0.1) is 5.92 Å². The predicted molar refractivity (Wildman–Crippen MR) is 91.0 cm³/mol. The van der Waals surface area contributed by atoms with Crippen molar-refractivity contribution in [2.45, 2.75) is 46.1 Å². The summed E-state index contributed by atoms with van der Waals surface area (Å²) in [7, 11) is 0. The van der Waals surface area contributed by atoms with Gasteiger partial charge in [-0.3, -0.25) is 4.79 Å². The van der Waals surface area contributed by atoms with Gasteiger partial charge in [0.15, 0.2) is 0 Å². The normalized spacial score (nSPS) is 26.4. The van der Waals surface area contributed by atoms with E-state index < -0.39 is 0 Å². The molecule has 2 atom stereocenters. The molecule has 1 fully saturated rings. The molecule has 2 aliphatic rings. The summed E-state index contributed by atoms with van der Waals surface area (Å²) in [4.78, 5) is 15.0. The number of anilines is 1. The molecule has 0 aromatic heterocycles. The molecule has 3 nitrogen and oxygen atoms in total. The van der Waals surface area contributed by atoms with Crippen molar-refractivity contribution in [1.82, 2.24) is 5.32 Å². The third-order valence-corrected chi connectivity index (χ3v) is 5.37. The summed E-state index contributed by atoms with van der Waals surface area (Å²) < 4.78 is 13.6. The number of amides is 1. The van der Waals surface area contributed by atoms with Gasteiger partial charge in [-0.2, -0.15) is 0 Å². The van der Waals surface area contributed by atoms with Gasteiger partial charge in [0.1, 0.15) is 5.82 Å². The molecule has 2 heterocycles. The van der Waals surface area contributed by atoms with Gasteiger partial charge in [0.2, 0.25) is 5.91 Å². The molecule has 1 amide bonds. The fraction of sp³-hybridized carbons (Fsp3) is 0.632. The van der Waals surface area contributed by atoms with Crippen LogP contribution < -0.4 is 10.2 Å². The van der Waals surface area contributed by atoms with Gasteiger partial charge in [0, 0.05) is 24.3 Å². The summed E-state index contributed by atoms with van der Waals surface area (Å²) >= 11 is 0. The first-order valence-electron chi connectivity index (χ1n) is 8.61. The Hall–Kier alpha value is -1.42. The van der Waals surface area contributed by atoms with Gasteiger partial charge < -0.3 is 10.2 Å². The minimum absolute atomic E-state index is 0.00816. The summed E-state index contributed by atoms with van der Waals surface area (Å²) in [5.74, 6) is 0.829. The molecule has 2 unspecified atom stereocenters. The van der Waals surface area contributed by atoms with Crippen LogP contribution in [-0.4, -0.2) is 24.5 Å². The smallest absolute Gasteiger partial charge is 0.231 e. The third-order valence-electron chi connectivity index (χ3n) is 5.37.